The van der Waals surface area contributed by atoms with Gasteiger partial charge in [-0.3, -0.25) is 9.59 Å². The van der Waals surface area contributed by atoms with E-state index in [4.69, 9.17) is 0 Å². The minimum Gasteiger partial charge on any atom is -0.370 e. The zero-order valence-electron chi connectivity index (χ0n) is 15.7. The molecular formula is C24H22N2O2. The normalized spacial score (nSPS) is 12.7. The van der Waals surface area contributed by atoms with Crippen molar-refractivity contribution >= 4 is 17.4 Å². The number of hydrogen-bond donors (Lipinski definition) is 1. The maximum atomic E-state index is 12.7. The molecule has 0 fully saturated rings. The van der Waals surface area contributed by atoms with Crippen molar-refractivity contribution in [2.24, 2.45) is 0 Å². The van der Waals surface area contributed by atoms with Gasteiger partial charge in [-0.1, -0.05) is 54.6 Å². The third kappa shape index (κ3) is 4.17. The summed E-state index contributed by atoms with van der Waals surface area (Å²) >= 11 is 0. The molecule has 28 heavy (non-hydrogen) atoms. The molecule has 2 aromatic carbocycles. The second-order valence-corrected chi connectivity index (χ2v) is 7.12. The molecule has 3 aromatic rings. The Bertz CT molecular complexity index is 1010. The summed E-state index contributed by atoms with van der Waals surface area (Å²) in [6, 6.07) is 21.3. The zero-order valence-corrected chi connectivity index (χ0v) is 15.7. The monoisotopic (exact) mass is 370 g/mol. The fourth-order valence-corrected chi connectivity index (χ4v) is 3.51. The summed E-state index contributed by atoms with van der Waals surface area (Å²) in [5.74, 6) is 0.357. The first-order chi connectivity index (χ1) is 13.7. The van der Waals surface area contributed by atoms with E-state index in [1.807, 2.05) is 42.5 Å². The lowest BCUT2D eigenvalue weighted by atomic mass is 9.98. The van der Waals surface area contributed by atoms with E-state index in [1.165, 1.54) is 5.56 Å². The minimum atomic E-state index is -0.242. The number of hydrogen-bond acceptors (Lipinski definition) is 4. The number of rotatable bonds is 6. The Kier molecular flexibility index (Phi) is 5.29. The second-order valence-electron chi connectivity index (χ2n) is 7.12. The predicted octanol–water partition coefficient (Wildman–Crippen LogP) is 4.49. The number of ketones is 2. The van der Waals surface area contributed by atoms with Crippen molar-refractivity contribution in [1.82, 2.24) is 4.98 Å². The highest BCUT2D eigenvalue weighted by molar-refractivity contribution is 6.13. The van der Waals surface area contributed by atoms with Crippen LogP contribution in [0.15, 0.2) is 66.7 Å². The van der Waals surface area contributed by atoms with Crippen LogP contribution in [0.25, 0.3) is 0 Å². The molecule has 0 saturated heterocycles. The Morgan fingerprint density at radius 3 is 2.57 bits per heavy atom. The molecule has 0 unspecified atom stereocenters. The zero-order chi connectivity index (χ0) is 19.3. The van der Waals surface area contributed by atoms with Gasteiger partial charge in [0.05, 0.1) is 6.42 Å². The van der Waals surface area contributed by atoms with Gasteiger partial charge in [0.1, 0.15) is 11.5 Å². The average Bonchev–Trinajstić information content (AvgIpc) is 2.74. The van der Waals surface area contributed by atoms with E-state index in [0.717, 1.165) is 42.8 Å². The van der Waals surface area contributed by atoms with Crippen LogP contribution in [-0.4, -0.2) is 23.1 Å². The minimum absolute atomic E-state index is 0.166. The Hall–Kier alpha value is -3.27. The van der Waals surface area contributed by atoms with Gasteiger partial charge in [0.25, 0.3) is 0 Å². The predicted molar refractivity (Wildman–Crippen MR) is 110 cm³/mol. The van der Waals surface area contributed by atoms with Crippen LogP contribution in [0, 0.1) is 0 Å². The number of aryl methyl sites for hydroxylation is 1. The van der Waals surface area contributed by atoms with Crippen molar-refractivity contribution in [3.63, 3.8) is 0 Å². The highest BCUT2D eigenvalue weighted by Crippen LogP contribution is 2.21. The van der Waals surface area contributed by atoms with E-state index in [1.54, 1.807) is 12.1 Å². The van der Waals surface area contributed by atoms with Crippen molar-refractivity contribution in [2.75, 3.05) is 11.9 Å². The van der Waals surface area contributed by atoms with Crippen LogP contribution in [0.5, 0.6) is 0 Å². The number of nitrogens with one attached hydrogen (secondary N) is 1. The lowest BCUT2D eigenvalue weighted by molar-refractivity contribution is 0.0891. The van der Waals surface area contributed by atoms with Gasteiger partial charge in [-0.25, -0.2) is 4.98 Å². The number of anilines is 1. The molecule has 0 saturated carbocycles. The molecular weight excluding hydrogens is 348 g/mol. The third-order valence-corrected chi connectivity index (χ3v) is 5.00. The fourth-order valence-electron chi connectivity index (χ4n) is 3.51. The molecule has 0 spiro atoms. The van der Waals surface area contributed by atoms with E-state index in [2.05, 4.69) is 22.4 Å². The van der Waals surface area contributed by atoms with Gasteiger partial charge in [-0.05, 0) is 48.1 Å². The van der Waals surface area contributed by atoms with Gasteiger partial charge in [0.15, 0.2) is 11.6 Å². The highest BCUT2D eigenvalue weighted by atomic mass is 16.1. The molecule has 2 heterocycles. The number of carbonyl (C=O) groups excluding carboxylic acids is 2. The number of aromatic nitrogens is 1. The maximum absolute atomic E-state index is 12.7. The van der Waals surface area contributed by atoms with Crippen LogP contribution in [0.2, 0.25) is 0 Å². The average molecular weight is 370 g/mol. The molecule has 1 aliphatic heterocycles. The molecule has 0 radical (unpaired) electrons. The van der Waals surface area contributed by atoms with Crippen molar-refractivity contribution in [3.05, 3.63) is 94.7 Å². The van der Waals surface area contributed by atoms with E-state index in [9.17, 15) is 9.59 Å². The summed E-state index contributed by atoms with van der Waals surface area (Å²) in [6.07, 6.45) is 2.63. The van der Waals surface area contributed by atoms with E-state index in [0.29, 0.717) is 11.3 Å². The van der Waals surface area contributed by atoms with E-state index < -0.39 is 0 Å². The number of Topliss-reactive ketones (excluding diaryl/α,β-unsaturated/α-hetero) is 2. The van der Waals surface area contributed by atoms with E-state index >= 15 is 0 Å². The number of fused-ring (bicyclic) bond motifs is 1. The molecule has 140 valence electrons. The van der Waals surface area contributed by atoms with Crippen LogP contribution in [0.3, 0.4) is 0 Å². The molecule has 1 aromatic heterocycles. The van der Waals surface area contributed by atoms with Crippen LogP contribution in [0.4, 0.5) is 5.82 Å². The van der Waals surface area contributed by atoms with Crippen molar-refractivity contribution < 1.29 is 9.59 Å². The van der Waals surface area contributed by atoms with Gasteiger partial charge in [0.2, 0.25) is 0 Å². The molecule has 0 aliphatic carbocycles. The first kappa shape index (κ1) is 18.1. The lowest BCUT2D eigenvalue weighted by Crippen LogP contribution is -2.16. The molecule has 4 nitrogen and oxygen atoms in total. The Morgan fingerprint density at radius 2 is 1.71 bits per heavy atom. The van der Waals surface area contributed by atoms with Gasteiger partial charge in [-0.15, -0.1) is 0 Å². The summed E-state index contributed by atoms with van der Waals surface area (Å²) in [5, 5.41) is 3.23. The van der Waals surface area contributed by atoms with E-state index in [-0.39, 0.29) is 18.0 Å². The number of nitrogens with zero attached hydrogens (tertiary/aromatic N) is 1. The standard InChI is InChI=1S/C24H22N2O2/c27-22(16-23(28)21-12-11-19-10-5-13-25-24(19)26-21)20-9-4-8-18(15-20)14-17-6-2-1-3-7-17/h1-4,6-9,11-12,15H,5,10,13-14,16H2,(H,25,26). The van der Waals surface area contributed by atoms with Gasteiger partial charge in [0, 0.05) is 12.1 Å². The summed E-state index contributed by atoms with van der Waals surface area (Å²) in [7, 11) is 0. The summed E-state index contributed by atoms with van der Waals surface area (Å²) < 4.78 is 0. The number of benzene rings is 2. The van der Waals surface area contributed by atoms with Crippen LogP contribution in [-0.2, 0) is 12.8 Å². The molecule has 4 heteroatoms. The highest BCUT2D eigenvalue weighted by Gasteiger charge is 2.18. The first-order valence-corrected chi connectivity index (χ1v) is 9.62. The smallest absolute Gasteiger partial charge is 0.188 e. The number of carbonyl (C=O) groups is 2. The second kappa shape index (κ2) is 8.17. The van der Waals surface area contributed by atoms with Crippen LogP contribution >= 0.6 is 0 Å². The topological polar surface area (TPSA) is 59.1 Å². The summed E-state index contributed by atoms with van der Waals surface area (Å²) in [6.45, 7) is 0.866. The molecule has 0 bridgehead atoms. The molecule has 4 rings (SSSR count). The molecule has 1 aliphatic rings. The maximum Gasteiger partial charge on any atom is 0.188 e. The quantitative estimate of drug-likeness (QED) is 0.513. The first-order valence-electron chi connectivity index (χ1n) is 9.62. The third-order valence-electron chi connectivity index (χ3n) is 5.00. The van der Waals surface area contributed by atoms with Gasteiger partial charge in [-0.2, -0.15) is 0 Å². The largest absolute Gasteiger partial charge is 0.370 e. The summed E-state index contributed by atoms with van der Waals surface area (Å²) in [4.78, 5) is 29.7. The van der Waals surface area contributed by atoms with Crippen molar-refractivity contribution in [3.8, 4) is 0 Å². The SMILES string of the molecule is O=C(CC(=O)c1ccc2c(n1)NCCC2)c1cccc(Cc2ccccc2)c1. The Labute approximate surface area is 164 Å². The fraction of sp³-hybridized carbons (Fsp3) is 0.208. The lowest BCUT2D eigenvalue weighted by Gasteiger charge is -2.17. The number of pyridine rings is 1. The molecule has 0 atom stereocenters. The van der Waals surface area contributed by atoms with Crippen LogP contribution in [0.1, 0.15) is 50.4 Å². The van der Waals surface area contributed by atoms with Crippen molar-refractivity contribution in [1.29, 1.82) is 0 Å². The molecule has 1 N–H and O–H groups in total. The summed E-state index contributed by atoms with van der Waals surface area (Å²) in [5.41, 5.74) is 4.29. The Balaban J connectivity index is 1.46. The Morgan fingerprint density at radius 1 is 0.893 bits per heavy atom. The van der Waals surface area contributed by atoms with Crippen LogP contribution < -0.4 is 5.32 Å². The molecule has 0 amide bonds. The van der Waals surface area contributed by atoms with Gasteiger partial charge < -0.3 is 5.32 Å². The van der Waals surface area contributed by atoms with Gasteiger partial charge >= 0.3 is 0 Å². The van der Waals surface area contributed by atoms with Crippen molar-refractivity contribution in [2.45, 2.75) is 25.7 Å².